The van der Waals surface area contributed by atoms with E-state index in [9.17, 15) is 0 Å². The summed E-state index contributed by atoms with van der Waals surface area (Å²) in [5.74, 6) is 0.964. The van der Waals surface area contributed by atoms with Gasteiger partial charge >= 0.3 is 0 Å². The number of nitrogens with one attached hydrogen (secondary N) is 1. The topological polar surface area (TPSA) is 28.7 Å². The Kier molecular flexibility index (Phi) is 3.08. The molecule has 0 aliphatic carbocycles. The summed E-state index contributed by atoms with van der Waals surface area (Å²) >= 11 is 0. The zero-order valence-corrected chi connectivity index (χ0v) is 11.4. The van der Waals surface area contributed by atoms with Gasteiger partial charge in [-0.1, -0.05) is 44.2 Å². The van der Waals surface area contributed by atoms with Gasteiger partial charge in [0.15, 0.2) is 0 Å². The molecule has 0 aliphatic rings. The first-order chi connectivity index (χ1) is 9.31. The Morgan fingerprint density at radius 1 is 1.00 bits per heavy atom. The molecule has 0 unspecified atom stereocenters. The summed E-state index contributed by atoms with van der Waals surface area (Å²) in [6.07, 6.45) is 2.06. The van der Waals surface area contributed by atoms with E-state index in [1.165, 1.54) is 11.1 Å². The third-order valence-corrected chi connectivity index (χ3v) is 3.59. The van der Waals surface area contributed by atoms with Crippen molar-refractivity contribution in [2.75, 3.05) is 0 Å². The van der Waals surface area contributed by atoms with Gasteiger partial charge in [-0.25, -0.2) is 4.98 Å². The number of para-hydroxylation sites is 1. The molecule has 1 aromatic heterocycles. The van der Waals surface area contributed by atoms with Crippen LogP contribution in [0.25, 0.3) is 22.4 Å². The number of benzene rings is 2. The highest BCUT2D eigenvalue weighted by molar-refractivity contribution is 5.82. The lowest BCUT2D eigenvalue weighted by molar-refractivity contribution is 1.14. The number of imidazole rings is 1. The molecule has 0 spiro atoms. The molecule has 0 fully saturated rings. The summed E-state index contributed by atoms with van der Waals surface area (Å²) in [7, 11) is 0. The quantitative estimate of drug-likeness (QED) is 0.735. The Labute approximate surface area is 113 Å². The molecular weight excluding hydrogens is 232 g/mol. The first kappa shape index (κ1) is 12.0. The molecule has 2 nitrogen and oxygen atoms in total. The van der Waals surface area contributed by atoms with Crippen molar-refractivity contribution in [3.05, 3.63) is 53.6 Å². The normalized spacial score (nSPS) is 11.1. The molecule has 2 heteroatoms. The fourth-order valence-corrected chi connectivity index (χ4v) is 2.45. The summed E-state index contributed by atoms with van der Waals surface area (Å²) in [6.45, 7) is 4.34. The number of aromatic nitrogens is 2. The molecule has 96 valence electrons. The van der Waals surface area contributed by atoms with Gasteiger partial charge in [0.1, 0.15) is 5.82 Å². The molecule has 1 N–H and O–H groups in total. The van der Waals surface area contributed by atoms with E-state index in [2.05, 4.69) is 61.3 Å². The van der Waals surface area contributed by atoms with E-state index >= 15 is 0 Å². The zero-order valence-electron chi connectivity index (χ0n) is 11.4. The van der Waals surface area contributed by atoms with Gasteiger partial charge in [-0.15, -0.1) is 0 Å². The van der Waals surface area contributed by atoms with E-state index in [1.54, 1.807) is 0 Å². The Morgan fingerprint density at radius 3 is 2.63 bits per heavy atom. The van der Waals surface area contributed by atoms with Crippen LogP contribution < -0.4 is 0 Å². The molecule has 3 aromatic rings. The predicted octanol–water partition coefficient (Wildman–Crippen LogP) is 4.35. The summed E-state index contributed by atoms with van der Waals surface area (Å²) < 4.78 is 0. The van der Waals surface area contributed by atoms with Crippen molar-refractivity contribution in [2.45, 2.75) is 26.7 Å². The van der Waals surface area contributed by atoms with E-state index in [-0.39, 0.29) is 0 Å². The minimum Gasteiger partial charge on any atom is -0.338 e. The standard InChI is InChI=1S/C17H18N2/c1-3-12-7-5-9-14(11-12)17-18-15-10-6-8-13(4-2)16(15)19-17/h5-11H,3-4H2,1-2H3,(H,18,19). The molecule has 19 heavy (non-hydrogen) atoms. The molecule has 1 heterocycles. The number of hydrogen-bond acceptors (Lipinski definition) is 1. The van der Waals surface area contributed by atoms with Crippen LogP contribution in [-0.4, -0.2) is 9.97 Å². The lowest BCUT2D eigenvalue weighted by Gasteiger charge is -1.99. The molecule has 3 rings (SSSR count). The average Bonchev–Trinajstić information content (AvgIpc) is 2.91. The number of hydrogen-bond donors (Lipinski definition) is 1. The van der Waals surface area contributed by atoms with Crippen molar-refractivity contribution in [3.8, 4) is 11.4 Å². The van der Waals surface area contributed by atoms with Crippen LogP contribution in [0.3, 0.4) is 0 Å². The second kappa shape index (κ2) is 4.88. The number of aromatic amines is 1. The highest BCUT2D eigenvalue weighted by Crippen LogP contribution is 2.23. The van der Waals surface area contributed by atoms with Gasteiger partial charge in [-0.05, 0) is 36.1 Å². The van der Waals surface area contributed by atoms with Crippen LogP contribution in [0, 0.1) is 0 Å². The maximum absolute atomic E-state index is 4.77. The SMILES string of the molecule is CCc1cccc(-c2nc3c(CC)cccc3[nH]2)c1. The van der Waals surface area contributed by atoms with E-state index in [4.69, 9.17) is 4.98 Å². The van der Waals surface area contributed by atoms with Crippen LogP contribution in [0.5, 0.6) is 0 Å². The number of nitrogens with zero attached hydrogens (tertiary/aromatic N) is 1. The molecule has 0 bridgehead atoms. The largest absolute Gasteiger partial charge is 0.338 e. The van der Waals surface area contributed by atoms with E-state index in [1.807, 2.05) is 0 Å². The number of aryl methyl sites for hydroxylation is 2. The smallest absolute Gasteiger partial charge is 0.138 e. The van der Waals surface area contributed by atoms with E-state index in [0.717, 1.165) is 35.3 Å². The second-order valence-electron chi connectivity index (χ2n) is 4.81. The third kappa shape index (κ3) is 2.14. The Hall–Kier alpha value is -2.09. The van der Waals surface area contributed by atoms with Gasteiger partial charge in [0.2, 0.25) is 0 Å². The van der Waals surface area contributed by atoms with Gasteiger partial charge in [-0.3, -0.25) is 0 Å². The van der Waals surface area contributed by atoms with Gasteiger partial charge in [0, 0.05) is 5.56 Å². The van der Waals surface area contributed by atoms with Crippen LogP contribution in [0.15, 0.2) is 42.5 Å². The first-order valence-corrected chi connectivity index (χ1v) is 6.88. The van der Waals surface area contributed by atoms with Crippen molar-refractivity contribution < 1.29 is 0 Å². The molecule has 0 radical (unpaired) electrons. The number of fused-ring (bicyclic) bond motifs is 1. The Bertz CT molecular complexity index is 710. The monoisotopic (exact) mass is 250 g/mol. The highest BCUT2D eigenvalue weighted by atomic mass is 14.9. The molecule has 0 aliphatic heterocycles. The summed E-state index contributed by atoms with van der Waals surface area (Å²) in [5, 5.41) is 0. The van der Waals surface area contributed by atoms with Gasteiger partial charge in [0.25, 0.3) is 0 Å². The molecule has 2 aromatic carbocycles. The lowest BCUT2D eigenvalue weighted by atomic mass is 10.1. The second-order valence-corrected chi connectivity index (χ2v) is 4.81. The molecule has 0 amide bonds. The third-order valence-electron chi connectivity index (χ3n) is 3.59. The molecule has 0 atom stereocenters. The lowest BCUT2D eigenvalue weighted by Crippen LogP contribution is -1.84. The number of rotatable bonds is 3. The van der Waals surface area contributed by atoms with E-state index < -0.39 is 0 Å². The van der Waals surface area contributed by atoms with Crippen LogP contribution >= 0.6 is 0 Å². The maximum atomic E-state index is 4.77. The number of H-pyrrole nitrogens is 1. The van der Waals surface area contributed by atoms with Crippen LogP contribution in [-0.2, 0) is 12.8 Å². The summed E-state index contributed by atoms with van der Waals surface area (Å²) in [4.78, 5) is 8.20. The van der Waals surface area contributed by atoms with Crippen molar-refractivity contribution in [3.63, 3.8) is 0 Å². The Morgan fingerprint density at radius 2 is 1.84 bits per heavy atom. The predicted molar refractivity (Wildman–Crippen MR) is 80.3 cm³/mol. The van der Waals surface area contributed by atoms with Crippen molar-refractivity contribution in [1.29, 1.82) is 0 Å². The maximum Gasteiger partial charge on any atom is 0.138 e. The van der Waals surface area contributed by atoms with Gasteiger partial charge in [-0.2, -0.15) is 0 Å². The van der Waals surface area contributed by atoms with Crippen LogP contribution in [0.2, 0.25) is 0 Å². The van der Waals surface area contributed by atoms with Crippen molar-refractivity contribution >= 4 is 11.0 Å². The Balaban J connectivity index is 2.15. The van der Waals surface area contributed by atoms with Gasteiger partial charge < -0.3 is 4.98 Å². The highest BCUT2D eigenvalue weighted by Gasteiger charge is 2.08. The van der Waals surface area contributed by atoms with Crippen LogP contribution in [0.4, 0.5) is 0 Å². The summed E-state index contributed by atoms with van der Waals surface area (Å²) in [6, 6.07) is 14.9. The van der Waals surface area contributed by atoms with Gasteiger partial charge in [0.05, 0.1) is 11.0 Å². The minimum absolute atomic E-state index is 0.964. The fraction of sp³-hybridized carbons (Fsp3) is 0.235. The van der Waals surface area contributed by atoms with Crippen molar-refractivity contribution in [2.24, 2.45) is 0 Å². The molecule has 0 saturated heterocycles. The first-order valence-electron chi connectivity index (χ1n) is 6.88. The van der Waals surface area contributed by atoms with Crippen LogP contribution in [0.1, 0.15) is 25.0 Å². The average molecular weight is 250 g/mol. The fourth-order valence-electron chi connectivity index (χ4n) is 2.45. The molecule has 0 saturated carbocycles. The summed E-state index contributed by atoms with van der Waals surface area (Å²) in [5.41, 5.74) is 6.02. The van der Waals surface area contributed by atoms with Crippen molar-refractivity contribution in [1.82, 2.24) is 9.97 Å². The molecular formula is C17H18N2. The minimum atomic E-state index is 0.964. The zero-order chi connectivity index (χ0) is 13.2. The van der Waals surface area contributed by atoms with E-state index in [0.29, 0.717) is 0 Å².